The molecule has 0 saturated carbocycles. The van der Waals surface area contributed by atoms with Gasteiger partial charge in [-0.3, -0.25) is 0 Å². The molecule has 0 aromatic heterocycles. The van der Waals surface area contributed by atoms with Gasteiger partial charge >= 0.3 is 0 Å². The maximum absolute atomic E-state index is 10.2. The van der Waals surface area contributed by atoms with Crippen molar-refractivity contribution in [3.05, 3.63) is 91.0 Å². The summed E-state index contributed by atoms with van der Waals surface area (Å²) < 4.78 is 1.20. The van der Waals surface area contributed by atoms with Crippen LogP contribution in [0.5, 0.6) is 11.5 Å². The highest BCUT2D eigenvalue weighted by Crippen LogP contribution is 2.39. The lowest BCUT2D eigenvalue weighted by molar-refractivity contribution is 0.466. The Morgan fingerprint density at radius 1 is 0.692 bits per heavy atom. The molecule has 3 rings (SSSR count). The van der Waals surface area contributed by atoms with Crippen molar-refractivity contribution < 1.29 is 10.2 Å². The molecule has 0 aliphatic heterocycles. The summed E-state index contributed by atoms with van der Waals surface area (Å²) in [6.45, 7) is 7.75. The minimum atomic E-state index is 0.0408. The molecule has 0 aliphatic carbocycles. The van der Waals surface area contributed by atoms with Crippen molar-refractivity contribution in [1.82, 2.24) is 0 Å². The monoisotopic (exact) mass is 458 g/mol. The van der Waals surface area contributed by atoms with Crippen LogP contribution < -0.4 is 0 Å². The van der Waals surface area contributed by atoms with Gasteiger partial charge in [-0.05, 0) is 95.3 Å². The number of phenolic OH excluding ortho intramolecular Hbond substituents is 2. The van der Waals surface area contributed by atoms with E-state index in [0.29, 0.717) is 11.5 Å². The number of rotatable bonds is 3. The zero-order chi connectivity index (χ0) is 19.0. The average molecular weight is 458 g/mol. The van der Waals surface area contributed by atoms with Crippen LogP contribution in [0.25, 0.3) is 0 Å². The van der Waals surface area contributed by atoms with Crippen molar-refractivity contribution in [2.45, 2.75) is 33.6 Å². The van der Waals surface area contributed by atoms with E-state index in [1.54, 1.807) is 0 Å². The van der Waals surface area contributed by atoms with Crippen molar-refractivity contribution in [3.63, 3.8) is 0 Å². The number of hydrogen-bond acceptors (Lipinski definition) is 2. The molecule has 134 valence electrons. The molecule has 0 bridgehead atoms. The summed E-state index contributed by atoms with van der Waals surface area (Å²) in [5.74, 6) is 0.751. The largest absolute Gasteiger partial charge is 0.507 e. The van der Waals surface area contributed by atoms with E-state index in [2.05, 4.69) is 65.1 Å². The summed E-state index contributed by atoms with van der Waals surface area (Å²) in [4.78, 5) is 0. The van der Waals surface area contributed by atoms with Crippen molar-refractivity contribution >= 4 is 22.6 Å². The van der Waals surface area contributed by atoms with Gasteiger partial charge in [-0.2, -0.15) is 0 Å². The minimum Gasteiger partial charge on any atom is -0.507 e. The smallest absolute Gasteiger partial charge is 0.121 e. The normalized spacial score (nSPS) is 11.2. The van der Waals surface area contributed by atoms with Crippen LogP contribution >= 0.6 is 22.6 Å². The lowest BCUT2D eigenvalue weighted by atomic mass is 9.82. The molecule has 2 nitrogen and oxygen atoms in total. The van der Waals surface area contributed by atoms with E-state index >= 15 is 0 Å². The molecule has 26 heavy (non-hydrogen) atoms. The molecule has 0 amide bonds. The van der Waals surface area contributed by atoms with Crippen LogP contribution in [0.3, 0.4) is 0 Å². The maximum atomic E-state index is 10.2. The van der Waals surface area contributed by atoms with Crippen molar-refractivity contribution in [2.75, 3.05) is 0 Å². The molecule has 0 heterocycles. The molecule has 0 unspecified atom stereocenters. The number of benzene rings is 3. The van der Waals surface area contributed by atoms with E-state index in [1.807, 2.05) is 33.8 Å². The van der Waals surface area contributed by atoms with Gasteiger partial charge in [0.15, 0.2) is 0 Å². The Bertz CT molecular complexity index is 872. The fraction of sp³-hybridized carbons (Fsp3) is 0.217. The summed E-state index contributed by atoms with van der Waals surface area (Å²) in [5.41, 5.74) is 7.03. The minimum absolute atomic E-state index is 0.0408. The van der Waals surface area contributed by atoms with Crippen LogP contribution in [0.4, 0.5) is 0 Å². The summed E-state index contributed by atoms with van der Waals surface area (Å²) >= 11 is 2.38. The quantitative estimate of drug-likeness (QED) is 0.367. The molecule has 0 fully saturated rings. The third-order valence-electron chi connectivity index (χ3n) is 4.91. The SMILES string of the molecule is Cc1cc(C(c2cc(C)c(O)c(C)c2)c2ccccc2I)cc(C)c1O. The molecule has 0 saturated heterocycles. The van der Waals surface area contributed by atoms with Crippen LogP contribution in [0.2, 0.25) is 0 Å². The Morgan fingerprint density at radius 2 is 1.08 bits per heavy atom. The lowest BCUT2D eigenvalue weighted by Crippen LogP contribution is -2.07. The summed E-state index contributed by atoms with van der Waals surface area (Å²) in [5, 5.41) is 20.4. The van der Waals surface area contributed by atoms with Crippen molar-refractivity contribution in [2.24, 2.45) is 0 Å². The van der Waals surface area contributed by atoms with Gasteiger partial charge < -0.3 is 10.2 Å². The number of aromatic hydroxyl groups is 2. The maximum Gasteiger partial charge on any atom is 0.121 e. The van der Waals surface area contributed by atoms with Crippen LogP contribution in [0.15, 0.2) is 48.5 Å². The van der Waals surface area contributed by atoms with Crippen LogP contribution in [-0.2, 0) is 0 Å². The first-order chi connectivity index (χ1) is 12.3. The Hall–Kier alpha value is -2.01. The molecule has 3 aromatic carbocycles. The van der Waals surface area contributed by atoms with Gasteiger partial charge in [-0.1, -0.05) is 42.5 Å². The third-order valence-corrected chi connectivity index (χ3v) is 5.89. The van der Waals surface area contributed by atoms with Crippen molar-refractivity contribution in [3.8, 4) is 11.5 Å². The Kier molecular flexibility index (Phi) is 5.28. The zero-order valence-corrected chi connectivity index (χ0v) is 17.6. The zero-order valence-electron chi connectivity index (χ0n) is 15.5. The van der Waals surface area contributed by atoms with Gasteiger partial charge in [-0.25, -0.2) is 0 Å². The van der Waals surface area contributed by atoms with Gasteiger partial charge in [-0.15, -0.1) is 0 Å². The van der Waals surface area contributed by atoms with Crippen molar-refractivity contribution in [1.29, 1.82) is 0 Å². The highest BCUT2D eigenvalue weighted by Gasteiger charge is 2.22. The molecule has 0 atom stereocenters. The third kappa shape index (κ3) is 3.45. The Morgan fingerprint density at radius 3 is 1.46 bits per heavy atom. The second-order valence-corrected chi connectivity index (χ2v) is 8.12. The first-order valence-corrected chi connectivity index (χ1v) is 9.72. The predicted molar refractivity (Wildman–Crippen MR) is 115 cm³/mol. The van der Waals surface area contributed by atoms with Gasteiger partial charge in [0.1, 0.15) is 11.5 Å². The highest BCUT2D eigenvalue weighted by atomic mass is 127. The average Bonchev–Trinajstić information content (AvgIpc) is 2.59. The number of halogens is 1. The Balaban J connectivity index is 2.30. The summed E-state index contributed by atoms with van der Waals surface area (Å²) in [6, 6.07) is 16.6. The van der Waals surface area contributed by atoms with Gasteiger partial charge in [0, 0.05) is 9.49 Å². The van der Waals surface area contributed by atoms with Crippen LogP contribution in [0.1, 0.15) is 44.9 Å². The second-order valence-electron chi connectivity index (χ2n) is 6.96. The fourth-order valence-corrected chi connectivity index (χ4v) is 4.27. The molecular weight excluding hydrogens is 435 g/mol. The lowest BCUT2D eigenvalue weighted by Gasteiger charge is -2.23. The fourth-order valence-electron chi connectivity index (χ4n) is 3.57. The Labute approximate surface area is 168 Å². The molecule has 2 N–H and O–H groups in total. The molecule has 0 aliphatic rings. The molecule has 0 spiro atoms. The first-order valence-electron chi connectivity index (χ1n) is 8.64. The summed E-state index contributed by atoms with van der Waals surface area (Å²) in [6.07, 6.45) is 0. The van der Waals surface area contributed by atoms with E-state index in [9.17, 15) is 10.2 Å². The number of hydrogen-bond donors (Lipinski definition) is 2. The predicted octanol–water partition coefficient (Wildman–Crippen LogP) is 6.12. The topological polar surface area (TPSA) is 40.5 Å². The second kappa shape index (κ2) is 7.31. The molecule has 0 radical (unpaired) electrons. The van der Waals surface area contributed by atoms with E-state index in [4.69, 9.17) is 0 Å². The van der Waals surface area contributed by atoms with E-state index < -0.39 is 0 Å². The van der Waals surface area contributed by atoms with Crippen LogP contribution in [-0.4, -0.2) is 10.2 Å². The first kappa shape index (κ1) is 18.8. The van der Waals surface area contributed by atoms with E-state index in [0.717, 1.165) is 33.4 Å². The standard InChI is InChI=1S/C23H23IO2/c1-13-9-17(10-14(2)22(13)25)21(19-7-5-6-8-20(19)24)18-11-15(3)23(26)16(4)12-18/h5-12,21,25-26H,1-4H3. The number of phenols is 2. The molecular formula is C23H23IO2. The number of aryl methyl sites for hydroxylation is 4. The van der Waals surface area contributed by atoms with Crippen LogP contribution in [0, 0.1) is 31.3 Å². The summed E-state index contributed by atoms with van der Waals surface area (Å²) in [7, 11) is 0. The van der Waals surface area contributed by atoms with Gasteiger partial charge in [0.2, 0.25) is 0 Å². The highest BCUT2D eigenvalue weighted by molar-refractivity contribution is 14.1. The van der Waals surface area contributed by atoms with E-state index in [-0.39, 0.29) is 5.92 Å². The van der Waals surface area contributed by atoms with E-state index in [1.165, 1.54) is 9.13 Å². The van der Waals surface area contributed by atoms with Gasteiger partial charge in [0.05, 0.1) is 0 Å². The van der Waals surface area contributed by atoms with Gasteiger partial charge in [0.25, 0.3) is 0 Å². The molecule has 3 aromatic rings. The molecule has 3 heteroatoms.